The van der Waals surface area contributed by atoms with Crippen LogP contribution in [-0.2, 0) is 6.54 Å². The first-order chi connectivity index (χ1) is 14.1. The van der Waals surface area contributed by atoms with Crippen molar-refractivity contribution in [2.45, 2.75) is 51.2 Å². The van der Waals surface area contributed by atoms with Crippen molar-refractivity contribution in [3.63, 3.8) is 0 Å². The van der Waals surface area contributed by atoms with E-state index < -0.39 is 0 Å². The molecule has 0 saturated heterocycles. The van der Waals surface area contributed by atoms with Crippen LogP contribution in [0.25, 0.3) is 10.9 Å². The van der Waals surface area contributed by atoms with E-state index in [2.05, 4.69) is 22.2 Å². The molecule has 1 saturated carbocycles. The predicted octanol–water partition coefficient (Wildman–Crippen LogP) is 3.83. The SMILES string of the molecule is CCN(C(=O)c1cc2ccccc2[nH]1)[C@H]1CCC[C@@H](NCc2ccnc(O)c2)C1. The maximum absolute atomic E-state index is 13.2. The number of hydrogen-bond acceptors (Lipinski definition) is 4. The molecule has 6 heteroatoms. The van der Waals surface area contributed by atoms with Gasteiger partial charge in [0.25, 0.3) is 5.91 Å². The highest BCUT2D eigenvalue weighted by Crippen LogP contribution is 2.26. The van der Waals surface area contributed by atoms with Crippen LogP contribution in [0.2, 0.25) is 0 Å². The van der Waals surface area contributed by atoms with Crippen molar-refractivity contribution in [2.75, 3.05) is 6.54 Å². The van der Waals surface area contributed by atoms with Crippen molar-refractivity contribution in [1.82, 2.24) is 20.2 Å². The topological polar surface area (TPSA) is 81.2 Å². The van der Waals surface area contributed by atoms with Gasteiger partial charge >= 0.3 is 0 Å². The number of pyridine rings is 1. The van der Waals surface area contributed by atoms with Crippen LogP contribution in [0.1, 0.15) is 48.7 Å². The molecule has 1 aromatic carbocycles. The second-order valence-corrected chi connectivity index (χ2v) is 7.78. The van der Waals surface area contributed by atoms with Gasteiger partial charge in [-0.2, -0.15) is 0 Å². The Bertz CT molecular complexity index is 951. The summed E-state index contributed by atoms with van der Waals surface area (Å²) in [6, 6.07) is 14.1. The number of carbonyl (C=O) groups is 1. The smallest absolute Gasteiger partial charge is 0.270 e. The third-order valence-corrected chi connectivity index (χ3v) is 5.85. The van der Waals surface area contributed by atoms with Crippen molar-refractivity contribution in [3.8, 4) is 5.88 Å². The monoisotopic (exact) mass is 392 g/mol. The Hall–Kier alpha value is -2.86. The Balaban J connectivity index is 1.42. The summed E-state index contributed by atoms with van der Waals surface area (Å²) >= 11 is 0. The summed E-state index contributed by atoms with van der Waals surface area (Å²) < 4.78 is 0. The Labute approximate surface area is 171 Å². The number of aromatic nitrogens is 2. The van der Waals surface area contributed by atoms with E-state index in [1.165, 1.54) is 0 Å². The fourth-order valence-corrected chi connectivity index (χ4v) is 4.38. The standard InChI is InChI=1S/C23H28N4O2/c1-2-27(23(29)21-13-17-6-3-4-9-20(17)26-21)19-8-5-7-18(14-19)25-15-16-10-11-24-22(28)12-16/h3-4,6,9-13,18-19,25-26H,2,5,7-8,14-15H2,1H3,(H,24,28)/t18-,19+/m1/s1. The lowest BCUT2D eigenvalue weighted by Crippen LogP contribution is -2.46. The third-order valence-electron chi connectivity index (χ3n) is 5.85. The van der Waals surface area contributed by atoms with Crippen molar-refractivity contribution in [3.05, 3.63) is 59.9 Å². The van der Waals surface area contributed by atoms with Gasteiger partial charge in [-0.1, -0.05) is 18.2 Å². The van der Waals surface area contributed by atoms with Crippen LogP contribution in [0.3, 0.4) is 0 Å². The fourth-order valence-electron chi connectivity index (χ4n) is 4.38. The quantitative estimate of drug-likeness (QED) is 0.595. The summed E-state index contributed by atoms with van der Waals surface area (Å²) in [5.74, 6) is 0.125. The first kappa shape index (κ1) is 19.5. The number of hydrogen-bond donors (Lipinski definition) is 3. The number of H-pyrrole nitrogens is 1. The van der Waals surface area contributed by atoms with E-state index in [0.717, 1.165) is 42.1 Å². The second-order valence-electron chi connectivity index (χ2n) is 7.78. The van der Waals surface area contributed by atoms with Gasteiger partial charge in [-0.05, 0) is 56.4 Å². The Morgan fingerprint density at radius 3 is 2.93 bits per heavy atom. The molecule has 29 heavy (non-hydrogen) atoms. The molecule has 2 heterocycles. The number of carbonyl (C=O) groups excluding carboxylic acids is 1. The van der Waals surface area contributed by atoms with Crippen LogP contribution in [0.15, 0.2) is 48.7 Å². The number of para-hydroxylation sites is 1. The van der Waals surface area contributed by atoms with Gasteiger partial charge in [0.15, 0.2) is 0 Å². The molecule has 3 aromatic rings. The van der Waals surface area contributed by atoms with Gasteiger partial charge < -0.3 is 20.3 Å². The van der Waals surface area contributed by atoms with E-state index >= 15 is 0 Å². The molecule has 4 rings (SSSR count). The summed E-state index contributed by atoms with van der Waals surface area (Å²) in [6.07, 6.45) is 5.80. The van der Waals surface area contributed by atoms with Crippen molar-refractivity contribution in [2.24, 2.45) is 0 Å². The zero-order chi connectivity index (χ0) is 20.2. The molecular formula is C23H28N4O2. The normalized spacial score (nSPS) is 19.3. The number of aromatic amines is 1. The molecule has 1 aliphatic rings. The minimum atomic E-state index is 0.0481. The van der Waals surface area contributed by atoms with E-state index in [1.807, 2.05) is 41.3 Å². The van der Waals surface area contributed by atoms with Gasteiger partial charge in [-0.3, -0.25) is 4.79 Å². The molecule has 6 nitrogen and oxygen atoms in total. The lowest BCUT2D eigenvalue weighted by Gasteiger charge is -2.37. The molecule has 0 spiro atoms. The average Bonchev–Trinajstić information content (AvgIpc) is 3.17. The number of nitrogens with zero attached hydrogens (tertiary/aromatic N) is 2. The molecular weight excluding hydrogens is 364 g/mol. The van der Waals surface area contributed by atoms with Crippen LogP contribution in [0.5, 0.6) is 5.88 Å². The summed E-state index contributed by atoms with van der Waals surface area (Å²) in [5, 5.41) is 14.2. The first-order valence-electron chi connectivity index (χ1n) is 10.4. The number of benzene rings is 1. The number of rotatable bonds is 6. The highest BCUT2D eigenvalue weighted by atomic mass is 16.3. The van der Waals surface area contributed by atoms with Gasteiger partial charge in [0, 0.05) is 48.3 Å². The molecule has 2 atom stereocenters. The summed E-state index contributed by atoms with van der Waals surface area (Å²) in [7, 11) is 0. The molecule has 1 aliphatic carbocycles. The zero-order valence-electron chi connectivity index (χ0n) is 16.8. The van der Waals surface area contributed by atoms with E-state index in [0.29, 0.717) is 24.8 Å². The van der Waals surface area contributed by atoms with E-state index in [1.54, 1.807) is 12.3 Å². The van der Waals surface area contributed by atoms with Gasteiger partial charge in [-0.25, -0.2) is 4.98 Å². The molecule has 1 fully saturated rings. The number of fused-ring (bicyclic) bond motifs is 1. The number of amides is 1. The maximum Gasteiger partial charge on any atom is 0.270 e. The highest BCUT2D eigenvalue weighted by molar-refractivity contribution is 5.98. The molecule has 1 amide bonds. The van der Waals surface area contributed by atoms with Crippen molar-refractivity contribution in [1.29, 1.82) is 0 Å². The summed E-state index contributed by atoms with van der Waals surface area (Å²) in [6.45, 7) is 3.44. The highest BCUT2D eigenvalue weighted by Gasteiger charge is 2.29. The number of nitrogens with one attached hydrogen (secondary N) is 2. The van der Waals surface area contributed by atoms with Gasteiger partial charge in [0.2, 0.25) is 5.88 Å². The molecule has 0 aliphatic heterocycles. The van der Waals surface area contributed by atoms with Gasteiger partial charge in [0.05, 0.1) is 0 Å². The van der Waals surface area contributed by atoms with E-state index in [9.17, 15) is 9.90 Å². The van der Waals surface area contributed by atoms with Gasteiger partial charge in [-0.15, -0.1) is 0 Å². The van der Waals surface area contributed by atoms with E-state index in [-0.39, 0.29) is 17.8 Å². The fraction of sp³-hybridized carbons (Fsp3) is 0.391. The van der Waals surface area contributed by atoms with Crippen LogP contribution in [-0.4, -0.2) is 44.5 Å². The molecule has 152 valence electrons. The first-order valence-corrected chi connectivity index (χ1v) is 10.4. The second kappa shape index (κ2) is 8.66. The van der Waals surface area contributed by atoms with Crippen LogP contribution >= 0.6 is 0 Å². The summed E-state index contributed by atoms with van der Waals surface area (Å²) in [4.78, 5) is 22.3. The predicted molar refractivity (Wildman–Crippen MR) is 114 cm³/mol. The van der Waals surface area contributed by atoms with Crippen LogP contribution in [0.4, 0.5) is 0 Å². The maximum atomic E-state index is 13.2. The van der Waals surface area contributed by atoms with Gasteiger partial charge in [0.1, 0.15) is 5.69 Å². The minimum Gasteiger partial charge on any atom is -0.493 e. The average molecular weight is 393 g/mol. The molecule has 0 unspecified atom stereocenters. The molecule has 0 bridgehead atoms. The largest absolute Gasteiger partial charge is 0.493 e. The van der Waals surface area contributed by atoms with E-state index in [4.69, 9.17) is 0 Å². The Kier molecular flexibility index (Phi) is 5.81. The lowest BCUT2D eigenvalue weighted by molar-refractivity contribution is 0.0623. The van der Waals surface area contributed by atoms with Crippen LogP contribution in [0, 0.1) is 0 Å². The lowest BCUT2D eigenvalue weighted by atomic mass is 9.89. The Morgan fingerprint density at radius 2 is 2.14 bits per heavy atom. The van der Waals surface area contributed by atoms with Crippen LogP contribution < -0.4 is 5.32 Å². The molecule has 2 aromatic heterocycles. The zero-order valence-corrected chi connectivity index (χ0v) is 16.8. The molecule has 3 N–H and O–H groups in total. The van der Waals surface area contributed by atoms with Crippen molar-refractivity contribution < 1.29 is 9.90 Å². The minimum absolute atomic E-state index is 0.0481. The Morgan fingerprint density at radius 1 is 1.28 bits per heavy atom. The number of aromatic hydroxyl groups is 1. The molecule has 0 radical (unpaired) electrons. The third kappa shape index (κ3) is 4.43. The summed E-state index contributed by atoms with van der Waals surface area (Å²) in [5.41, 5.74) is 2.67. The van der Waals surface area contributed by atoms with Crippen molar-refractivity contribution >= 4 is 16.8 Å².